The third-order valence-electron chi connectivity index (χ3n) is 4.42. The molecule has 1 aliphatic heterocycles. The van der Waals surface area contributed by atoms with Crippen LogP contribution in [-0.2, 0) is 6.42 Å². The Labute approximate surface area is 154 Å². The predicted molar refractivity (Wildman–Crippen MR) is 103 cm³/mol. The van der Waals surface area contributed by atoms with Gasteiger partial charge < -0.3 is 10.6 Å². The lowest BCUT2D eigenvalue weighted by Crippen LogP contribution is -2.38. The summed E-state index contributed by atoms with van der Waals surface area (Å²) >= 11 is 3.11. The molecule has 1 aromatic carbocycles. The van der Waals surface area contributed by atoms with Gasteiger partial charge in [0.2, 0.25) is 0 Å². The number of carbonyl (C=O) groups is 1. The van der Waals surface area contributed by atoms with Crippen LogP contribution in [0.25, 0.3) is 9.88 Å². The van der Waals surface area contributed by atoms with Crippen LogP contribution in [0.4, 0.5) is 0 Å². The van der Waals surface area contributed by atoms with Crippen molar-refractivity contribution in [2.45, 2.75) is 19.4 Å². The molecule has 0 radical (unpaired) electrons. The molecule has 0 saturated carbocycles. The number of benzene rings is 1. The van der Waals surface area contributed by atoms with E-state index in [0.717, 1.165) is 28.5 Å². The smallest absolute Gasteiger partial charge is 0.263 e. The Morgan fingerprint density at radius 2 is 2.20 bits per heavy atom. The SMILES string of the molecule is Cc1nc(-c2cccs2)sc1C(=O)NCC1NCCc2ccccc21. The third kappa shape index (κ3) is 3.38. The Hall–Kier alpha value is -2.02. The van der Waals surface area contributed by atoms with Crippen molar-refractivity contribution < 1.29 is 4.79 Å². The number of thiazole rings is 1. The molecule has 0 fully saturated rings. The summed E-state index contributed by atoms with van der Waals surface area (Å²) in [5.41, 5.74) is 3.45. The van der Waals surface area contributed by atoms with Crippen LogP contribution in [0.15, 0.2) is 41.8 Å². The van der Waals surface area contributed by atoms with Gasteiger partial charge in [-0.05, 0) is 42.5 Å². The number of aromatic nitrogens is 1. The molecule has 0 bridgehead atoms. The van der Waals surface area contributed by atoms with Crippen molar-refractivity contribution in [1.29, 1.82) is 0 Å². The predicted octanol–water partition coefficient (Wildman–Crippen LogP) is 3.80. The number of nitrogens with zero attached hydrogens (tertiary/aromatic N) is 1. The average molecular weight is 370 g/mol. The fraction of sp³-hybridized carbons (Fsp3) is 0.263. The Kier molecular flexibility index (Phi) is 4.65. The van der Waals surface area contributed by atoms with Crippen LogP contribution in [-0.4, -0.2) is 24.0 Å². The van der Waals surface area contributed by atoms with Crippen molar-refractivity contribution in [2.24, 2.45) is 0 Å². The second-order valence-electron chi connectivity index (χ2n) is 6.08. The highest BCUT2D eigenvalue weighted by molar-refractivity contribution is 7.22. The number of nitrogens with one attached hydrogen (secondary N) is 2. The number of fused-ring (bicyclic) bond motifs is 1. The van der Waals surface area contributed by atoms with E-state index in [4.69, 9.17) is 0 Å². The van der Waals surface area contributed by atoms with E-state index in [9.17, 15) is 4.79 Å². The Bertz CT molecular complexity index is 886. The first kappa shape index (κ1) is 16.4. The van der Waals surface area contributed by atoms with Crippen molar-refractivity contribution in [2.75, 3.05) is 13.1 Å². The lowest BCUT2D eigenvalue weighted by atomic mass is 9.94. The molecule has 3 aromatic rings. The molecule has 0 aliphatic carbocycles. The van der Waals surface area contributed by atoms with E-state index in [1.165, 1.54) is 22.5 Å². The molecule has 4 nitrogen and oxygen atoms in total. The van der Waals surface area contributed by atoms with Crippen LogP contribution in [0.1, 0.15) is 32.5 Å². The first-order valence-corrected chi connectivity index (χ1v) is 10.0. The highest BCUT2D eigenvalue weighted by Crippen LogP contribution is 2.31. The molecule has 25 heavy (non-hydrogen) atoms. The lowest BCUT2D eigenvalue weighted by molar-refractivity contribution is 0.0952. The Morgan fingerprint density at radius 3 is 3.04 bits per heavy atom. The molecule has 4 rings (SSSR count). The van der Waals surface area contributed by atoms with E-state index >= 15 is 0 Å². The van der Waals surface area contributed by atoms with Crippen LogP contribution in [0.2, 0.25) is 0 Å². The van der Waals surface area contributed by atoms with E-state index < -0.39 is 0 Å². The van der Waals surface area contributed by atoms with E-state index in [-0.39, 0.29) is 11.9 Å². The molecular weight excluding hydrogens is 350 g/mol. The molecule has 2 N–H and O–H groups in total. The zero-order chi connectivity index (χ0) is 17.2. The summed E-state index contributed by atoms with van der Waals surface area (Å²) in [5, 5.41) is 9.52. The Balaban J connectivity index is 1.47. The summed E-state index contributed by atoms with van der Waals surface area (Å²) in [6, 6.07) is 12.7. The minimum Gasteiger partial charge on any atom is -0.349 e. The largest absolute Gasteiger partial charge is 0.349 e. The highest BCUT2D eigenvalue weighted by atomic mass is 32.1. The van der Waals surface area contributed by atoms with Crippen LogP contribution in [0.5, 0.6) is 0 Å². The fourth-order valence-electron chi connectivity index (χ4n) is 3.16. The molecule has 2 aromatic heterocycles. The topological polar surface area (TPSA) is 54.0 Å². The van der Waals surface area contributed by atoms with Crippen LogP contribution in [0, 0.1) is 6.92 Å². The molecule has 128 valence electrons. The van der Waals surface area contributed by atoms with Crippen LogP contribution in [0.3, 0.4) is 0 Å². The van der Waals surface area contributed by atoms with Crippen molar-refractivity contribution in [1.82, 2.24) is 15.6 Å². The van der Waals surface area contributed by atoms with E-state index in [2.05, 4.69) is 39.9 Å². The zero-order valence-corrected chi connectivity index (χ0v) is 15.5. The summed E-state index contributed by atoms with van der Waals surface area (Å²) < 4.78 is 0. The number of rotatable bonds is 4. The van der Waals surface area contributed by atoms with E-state index in [1.54, 1.807) is 11.3 Å². The highest BCUT2D eigenvalue weighted by Gasteiger charge is 2.21. The monoisotopic (exact) mass is 369 g/mol. The quantitative estimate of drug-likeness (QED) is 0.735. The van der Waals surface area contributed by atoms with Gasteiger partial charge in [-0.2, -0.15) is 0 Å². The molecule has 6 heteroatoms. The lowest BCUT2D eigenvalue weighted by Gasteiger charge is -2.27. The van der Waals surface area contributed by atoms with Crippen LogP contribution < -0.4 is 10.6 Å². The van der Waals surface area contributed by atoms with Gasteiger partial charge in [0.25, 0.3) is 5.91 Å². The summed E-state index contributed by atoms with van der Waals surface area (Å²) in [5.74, 6) is -0.0392. The van der Waals surface area contributed by atoms with Gasteiger partial charge in [0.1, 0.15) is 9.88 Å². The van der Waals surface area contributed by atoms with Crippen molar-refractivity contribution in [3.05, 3.63) is 63.5 Å². The molecule has 1 atom stereocenters. The second-order valence-corrected chi connectivity index (χ2v) is 8.02. The van der Waals surface area contributed by atoms with Crippen molar-refractivity contribution in [3.8, 4) is 9.88 Å². The molecular formula is C19H19N3OS2. The molecule has 1 amide bonds. The first-order valence-electron chi connectivity index (χ1n) is 8.33. The average Bonchev–Trinajstić information content (AvgIpc) is 3.29. The third-order valence-corrected chi connectivity index (χ3v) is 6.61. The minimum absolute atomic E-state index is 0.0392. The summed E-state index contributed by atoms with van der Waals surface area (Å²) in [6.07, 6.45) is 1.04. The summed E-state index contributed by atoms with van der Waals surface area (Å²) in [4.78, 5) is 19.0. The van der Waals surface area contributed by atoms with Gasteiger partial charge in [0.15, 0.2) is 0 Å². The zero-order valence-electron chi connectivity index (χ0n) is 13.9. The standard InChI is InChI=1S/C19H19N3OS2/c1-12-17(25-19(22-12)16-7-4-10-24-16)18(23)21-11-15-14-6-3-2-5-13(14)8-9-20-15/h2-7,10,15,20H,8-9,11H2,1H3,(H,21,23). The first-order chi connectivity index (χ1) is 12.2. The number of thiophene rings is 1. The van der Waals surface area contributed by atoms with Crippen molar-refractivity contribution in [3.63, 3.8) is 0 Å². The van der Waals surface area contributed by atoms with Gasteiger partial charge in [0, 0.05) is 12.6 Å². The second kappa shape index (κ2) is 7.07. The number of amides is 1. The van der Waals surface area contributed by atoms with Crippen LogP contribution >= 0.6 is 22.7 Å². The van der Waals surface area contributed by atoms with Gasteiger partial charge in [-0.25, -0.2) is 4.98 Å². The number of carbonyl (C=O) groups excluding carboxylic acids is 1. The maximum absolute atomic E-state index is 12.6. The summed E-state index contributed by atoms with van der Waals surface area (Å²) in [6.45, 7) is 3.43. The molecule has 1 unspecified atom stereocenters. The van der Waals surface area contributed by atoms with E-state index in [1.807, 2.05) is 24.4 Å². The van der Waals surface area contributed by atoms with Gasteiger partial charge in [0.05, 0.1) is 10.6 Å². The molecule has 0 saturated heterocycles. The summed E-state index contributed by atoms with van der Waals surface area (Å²) in [7, 11) is 0. The number of hydrogen-bond acceptors (Lipinski definition) is 5. The fourth-order valence-corrected chi connectivity index (χ4v) is 4.94. The van der Waals surface area contributed by atoms with Gasteiger partial charge in [-0.15, -0.1) is 22.7 Å². The van der Waals surface area contributed by atoms with E-state index in [0.29, 0.717) is 11.4 Å². The van der Waals surface area contributed by atoms with Gasteiger partial charge in [-0.3, -0.25) is 4.79 Å². The van der Waals surface area contributed by atoms with Gasteiger partial charge in [-0.1, -0.05) is 30.3 Å². The molecule has 3 heterocycles. The van der Waals surface area contributed by atoms with Gasteiger partial charge >= 0.3 is 0 Å². The molecule has 0 spiro atoms. The minimum atomic E-state index is -0.0392. The number of hydrogen-bond donors (Lipinski definition) is 2. The number of aryl methyl sites for hydroxylation is 1. The molecule has 1 aliphatic rings. The maximum atomic E-state index is 12.6. The maximum Gasteiger partial charge on any atom is 0.263 e. The normalized spacial score (nSPS) is 16.4. The Morgan fingerprint density at radius 1 is 1.32 bits per heavy atom. The van der Waals surface area contributed by atoms with Crippen molar-refractivity contribution >= 4 is 28.6 Å².